The van der Waals surface area contributed by atoms with E-state index in [1.807, 2.05) is 0 Å². The van der Waals surface area contributed by atoms with Crippen LogP contribution >= 0.6 is 0 Å². The molecule has 0 fully saturated rings. The highest BCUT2D eigenvalue weighted by atomic mass is 16.6. The van der Waals surface area contributed by atoms with Gasteiger partial charge in [-0.05, 0) is 26.8 Å². The summed E-state index contributed by atoms with van der Waals surface area (Å²) < 4.78 is 5.43. The fourth-order valence-corrected chi connectivity index (χ4v) is 1.46. The summed E-state index contributed by atoms with van der Waals surface area (Å²) in [5, 5.41) is 13.3. The third kappa shape index (κ3) is 4.16. The number of nitro groups is 1. The average Bonchev–Trinajstić information content (AvgIpc) is 2.38. The van der Waals surface area contributed by atoms with E-state index in [-0.39, 0.29) is 11.4 Å². The van der Waals surface area contributed by atoms with E-state index < -0.39 is 28.4 Å². The molecular formula is C13H17N3O5. The van der Waals surface area contributed by atoms with Gasteiger partial charge in [0.2, 0.25) is 5.91 Å². The van der Waals surface area contributed by atoms with E-state index in [1.54, 1.807) is 6.07 Å². The standard InChI is InChI=1S/C13H17N3O5/c1-8(11(14)17)15-12(18)13(2,3)21-10-7-5-4-6-9(10)16(19)20/h4-8H,1-3H3,(H2,14,17)(H,15,18)/t8-/m0/s1. The first-order chi connectivity index (χ1) is 9.65. The molecule has 8 nitrogen and oxygen atoms in total. The van der Waals surface area contributed by atoms with Crippen LogP contribution in [0.4, 0.5) is 5.69 Å². The van der Waals surface area contributed by atoms with E-state index in [0.717, 1.165) is 0 Å². The van der Waals surface area contributed by atoms with Crippen molar-refractivity contribution in [2.45, 2.75) is 32.4 Å². The summed E-state index contributed by atoms with van der Waals surface area (Å²) in [4.78, 5) is 33.3. The van der Waals surface area contributed by atoms with Crippen LogP contribution in [0.5, 0.6) is 5.75 Å². The number of hydrogen-bond acceptors (Lipinski definition) is 5. The second kappa shape index (κ2) is 6.21. The van der Waals surface area contributed by atoms with E-state index in [0.29, 0.717) is 0 Å². The van der Waals surface area contributed by atoms with Crippen molar-refractivity contribution in [1.29, 1.82) is 0 Å². The third-order valence-electron chi connectivity index (χ3n) is 2.75. The number of rotatable bonds is 6. The Balaban J connectivity index is 2.92. The molecule has 0 heterocycles. The van der Waals surface area contributed by atoms with Crippen molar-refractivity contribution >= 4 is 17.5 Å². The lowest BCUT2D eigenvalue weighted by Crippen LogP contribution is -2.52. The monoisotopic (exact) mass is 295 g/mol. The van der Waals surface area contributed by atoms with Crippen LogP contribution in [-0.2, 0) is 9.59 Å². The molecule has 2 amide bonds. The molecule has 0 aromatic heterocycles. The van der Waals surface area contributed by atoms with Gasteiger partial charge in [-0.15, -0.1) is 0 Å². The maximum absolute atomic E-state index is 12.1. The summed E-state index contributed by atoms with van der Waals surface area (Å²) in [6, 6.07) is 4.85. The summed E-state index contributed by atoms with van der Waals surface area (Å²) in [6.07, 6.45) is 0. The van der Waals surface area contributed by atoms with E-state index in [4.69, 9.17) is 10.5 Å². The summed E-state index contributed by atoms with van der Waals surface area (Å²) in [5.74, 6) is -1.33. The fourth-order valence-electron chi connectivity index (χ4n) is 1.46. The number of nitro benzene ring substituents is 1. The topological polar surface area (TPSA) is 125 Å². The summed E-state index contributed by atoms with van der Waals surface area (Å²) in [5.41, 5.74) is 3.40. The molecule has 1 aromatic rings. The smallest absolute Gasteiger partial charge is 0.310 e. The van der Waals surface area contributed by atoms with Crippen LogP contribution in [0.2, 0.25) is 0 Å². The molecule has 114 valence electrons. The van der Waals surface area contributed by atoms with Gasteiger partial charge in [-0.1, -0.05) is 12.1 Å². The molecule has 0 spiro atoms. The van der Waals surface area contributed by atoms with Gasteiger partial charge in [0.15, 0.2) is 11.4 Å². The molecule has 1 aromatic carbocycles. The Bertz CT molecular complexity index is 571. The molecule has 0 saturated heterocycles. The first-order valence-electron chi connectivity index (χ1n) is 6.18. The number of nitrogens with two attached hydrogens (primary N) is 1. The molecular weight excluding hydrogens is 278 g/mol. The number of carbonyl (C=O) groups is 2. The van der Waals surface area contributed by atoms with Gasteiger partial charge in [0, 0.05) is 6.07 Å². The molecule has 0 aliphatic rings. The number of hydrogen-bond donors (Lipinski definition) is 2. The maximum Gasteiger partial charge on any atom is 0.310 e. The zero-order chi connectivity index (χ0) is 16.2. The van der Waals surface area contributed by atoms with Gasteiger partial charge in [0.1, 0.15) is 6.04 Å². The van der Waals surface area contributed by atoms with Crippen LogP contribution in [0.25, 0.3) is 0 Å². The molecule has 3 N–H and O–H groups in total. The highest BCUT2D eigenvalue weighted by molar-refractivity contribution is 5.90. The molecule has 1 rings (SSSR count). The maximum atomic E-state index is 12.1. The van der Waals surface area contributed by atoms with Crippen LogP contribution in [0.3, 0.4) is 0 Å². The van der Waals surface area contributed by atoms with Crippen LogP contribution in [0.15, 0.2) is 24.3 Å². The molecule has 21 heavy (non-hydrogen) atoms. The van der Waals surface area contributed by atoms with Crippen molar-refractivity contribution in [3.63, 3.8) is 0 Å². The third-order valence-corrected chi connectivity index (χ3v) is 2.75. The molecule has 0 bridgehead atoms. The van der Waals surface area contributed by atoms with E-state index in [2.05, 4.69) is 5.32 Å². The van der Waals surface area contributed by atoms with Crippen molar-refractivity contribution in [3.8, 4) is 5.75 Å². The van der Waals surface area contributed by atoms with Crippen LogP contribution in [0, 0.1) is 10.1 Å². The Morgan fingerprint density at radius 1 is 1.38 bits per heavy atom. The van der Waals surface area contributed by atoms with Gasteiger partial charge in [-0.25, -0.2) is 0 Å². The largest absolute Gasteiger partial charge is 0.471 e. The average molecular weight is 295 g/mol. The Hall–Kier alpha value is -2.64. The van der Waals surface area contributed by atoms with E-state index >= 15 is 0 Å². The zero-order valence-electron chi connectivity index (χ0n) is 12.0. The lowest BCUT2D eigenvalue weighted by molar-refractivity contribution is -0.386. The summed E-state index contributed by atoms with van der Waals surface area (Å²) in [7, 11) is 0. The van der Waals surface area contributed by atoms with Crippen molar-refractivity contribution in [1.82, 2.24) is 5.32 Å². The van der Waals surface area contributed by atoms with Gasteiger partial charge >= 0.3 is 5.69 Å². The quantitative estimate of drug-likeness (QED) is 0.591. The Kier molecular flexibility index (Phi) is 4.85. The van der Waals surface area contributed by atoms with Gasteiger partial charge in [0.25, 0.3) is 5.91 Å². The number of benzene rings is 1. The SMILES string of the molecule is C[C@H](NC(=O)C(C)(C)Oc1ccccc1[N+](=O)[O-])C(N)=O. The number of carbonyl (C=O) groups excluding carboxylic acids is 2. The molecule has 0 aliphatic heterocycles. The van der Waals surface area contributed by atoms with Gasteiger partial charge in [-0.2, -0.15) is 0 Å². The van der Waals surface area contributed by atoms with Gasteiger partial charge < -0.3 is 15.8 Å². The number of ether oxygens (including phenoxy) is 1. The second-order valence-corrected chi connectivity index (χ2v) is 4.93. The molecule has 0 radical (unpaired) electrons. The first-order valence-corrected chi connectivity index (χ1v) is 6.18. The second-order valence-electron chi connectivity index (χ2n) is 4.93. The Labute approximate surface area is 121 Å². The Morgan fingerprint density at radius 3 is 2.48 bits per heavy atom. The fraction of sp³-hybridized carbons (Fsp3) is 0.385. The lowest BCUT2D eigenvalue weighted by atomic mass is 10.1. The predicted octanol–water partition coefficient (Wildman–Crippen LogP) is 0.742. The minimum atomic E-state index is -1.41. The highest BCUT2D eigenvalue weighted by Crippen LogP contribution is 2.29. The van der Waals surface area contributed by atoms with Crippen molar-refractivity contribution in [3.05, 3.63) is 34.4 Å². The molecule has 0 unspecified atom stereocenters. The lowest BCUT2D eigenvalue weighted by Gasteiger charge is -2.26. The van der Waals surface area contributed by atoms with Crippen molar-refractivity contribution in [2.75, 3.05) is 0 Å². The Morgan fingerprint density at radius 2 is 1.95 bits per heavy atom. The summed E-state index contributed by atoms with van der Waals surface area (Å²) >= 11 is 0. The normalized spacial score (nSPS) is 12.3. The predicted molar refractivity (Wildman–Crippen MR) is 74.6 cm³/mol. The van der Waals surface area contributed by atoms with E-state index in [9.17, 15) is 19.7 Å². The molecule has 0 saturated carbocycles. The van der Waals surface area contributed by atoms with Crippen LogP contribution in [-0.4, -0.2) is 28.4 Å². The van der Waals surface area contributed by atoms with Crippen LogP contribution < -0.4 is 15.8 Å². The minimum Gasteiger partial charge on any atom is -0.471 e. The highest BCUT2D eigenvalue weighted by Gasteiger charge is 2.33. The summed E-state index contributed by atoms with van der Waals surface area (Å²) in [6.45, 7) is 4.31. The van der Waals surface area contributed by atoms with Crippen molar-refractivity contribution in [2.24, 2.45) is 5.73 Å². The molecule has 0 aliphatic carbocycles. The van der Waals surface area contributed by atoms with Crippen molar-refractivity contribution < 1.29 is 19.2 Å². The number of para-hydroxylation sites is 2. The van der Waals surface area contributed by atoms with E-state index in [1.165, 1.54) is 39.0 Å². The van der Waals surface area contributed by atoms with Crippen LogP contribution in [0.1, 0.15) is 20.8 Å². The number of nitrogens with zero attached hydrogens (tertiary/aromatic N) is 1. The number of amides is 2. The minimum absolute atomic E-state index is 0.0330. The zero-order valence-corrected chi connectivity index (χ0v) is 12.0. The number of primary amides is 1. The molecule has 1 atom stereocenters. The first kappa shape index (κ1) is 16.4. The molecule has 8 heteroatoms. The number of nitrogens with one attached hydrogen (secondary N) is 1. The van der Waals surface area contributed by atoms with Gasteiger partial charge in [0.05, 0.1) is 4.92 Å². The van der Waals surface area contributed by atoms with Gasteiger partial charge in [-0.3, -0.25) is 19.7 Å².